The number of rotatable bonds is 4. The summed E-state index contributed by atoms with van der Waals surface area (Å²) < 4.78 is 0. The van der Waals surface area contributed by atoms with Crippen molar-refractivity contribution in [2.24, 2.45) is 17.3 Å². The molecule has 3 aliphatic rings. The van der Waals surface area contributed by atoms with Gasteiger partial charge in [-0.15, -0.1) is 0 Å². The quantitative estimate of drug-likeness (QED) is 0.859. The van der Waals surface area contributed by atoms with Crippen LogP contribution in [0.1, 0.15) is 45.4 Å². The number of likely N-dealkylation sites (tertiary alicyclic amines) is 2. The lowest BCUT2D eigenvalue weighted by atomic mass is 9.92. The molecular formula is C17H30N2O2. The first-order chi connectivity index (χ1) is 10.1. The number of nitrogens with zero attached hydrogens (tertiary/aromatic N) is 2. The summed E-state index contributed by atoms with van der Waals surface area (Å²) in [6.45, 7) is 7.64. The number of amides is 1. The molecule has 4 nitrogen and oxygen atoms in total. The average molecular weight is 294 g/mol. The molecule has 0 aromatic heterocycles. The van der Waals surface area contributed by atoms with Gasteiger partial charge in [0.25, 0.3) is 0 Å². The van der Waals surface area contributed by atoms with E-state index in [1.165, 1.54) is 25.7 Å². The second kappa shape index (κ2) is 6.25. The molecule has 0 unspecified atom stereocenters. The SMILES string of the molecule is CC1CCN(C(=O)C2CCN(CC3(CO)CC3)CC2)CC1. The molecule has 0 aromatic rings. The summed E-state index contributed by atoms with van der Waals surface area (Å²) in [4.78, 5) is 17.2. The molecule has 21 heavy (non-hydrogen) atoms. The maximum absolute atomic E-state index is 12.6. The Morgan fingerprint density at radius 3 is 2.24 bits per heavy atom. The Hall–Kier alpha value is -0.610. The number of aliphatic hydroxyl groups is 1. The monoisotopic (exact) mass is 294 g/mol. The first-order valence-corrected chi connectivity index (χ1v) is 8.74. The van der Waals surface area contributed by atoms with Crippen LogP contribution < -0.4 is 0 Å². The fourth-order valence-corrected chi connectivity index (χ4v) is 3.84. The molecule has 0 atom stereocenters. The van der Waals surface area contributed by atoms with E-state index in [2.05, 4.69) is 16.7 Å². The normalized spacial score (nSPS) is 27.8. The maximum atomic E-state index is 12.6. The summed E-state index contributed by atoms with van der Waals surface area (Å²) in [6, 6.07) is 0. The molecule has 2 heterocycles. The van der Waals surface area contributed by atoms with Gasteiger partial charge in [-0.2, -0.15) is 0 Å². The first kappa shape index (κ1) is 15.3. The van der Waals surface area contributed by atoms with Crippen LogP contribution in [0, 0.1) is 17.3 Å². The highest BCUT2D eigenvalue weighted by Crippen LogP contribution is 2.46. The van der Waals surface area contributed by atoms with E-state index in [0.29, 0.717) is 12.5 Å². The van der Waals surface area contributed by atoms with Crippen molar-refractivity contribution in [1.82, 2.24) is 9.80 Å². The zero-order chi connectivity index (χ0) is 14.9. The average Bonchev–Trinajstić information content (AvgIpc) is 3.28. The molecule has 1 N–H and O–H groups in total. The molecule has 0 bridgehead atoms. The van der Waals surface area contributed by atoms with Gasteiger partial charge in [-0.05, 0) is 57.5 Å². The summed E-state index contributed by atoms with van der Waals surface area (Å²) in [5.74, 6) is 1.44. The molecule has 1 aliphatic carbocycles. The van der Waals surface area contributed by atoms with Gasteiger partial charge in [-0.1, -0.05) is 6.92 Å². The third-order valence-electron chi connectivity index (χ3n) is 5.88. The van der Waals surface area contributed by atoms with Crippen molar-refractivity contribution in [3.8, 4) is 0 Å². The second-order valence-corrected chi connectivity index (χ2v) is 7.72. The van der Waals surface area contributed by atoms with E-state index in [1.54, 1.807) is 0 Å². The fourth-order valence-electron chi connectivity index (χ4n) is 3.84. The molecule has 3 rings (SSSR count). The van der Waals surface area contributed by atoms with Gasteiger partial charge >= 0.3 is 0 Å². The van der Waals surface area contributed by atoms with E-state index in [1.807, 2.05) is 0 Å². The summed E-state index contributed by atoms with van der Waals surface area (Å²) in [7, 11) is 0. The van der Waals surface area contributed by atoms with E-state index >= 15 is 0 Å². The van der Waals surface area contributed by atoms with Crippen LogP contribution in [-0.2, 0) is 4.79 Å². The standard InChI is InChI=1S/C17H30N2O2/c1-14-2-10-19(11-3-14)16(21)15-4-8-18(9-5-15)12-17(13-20)6-7-17/h14-15,20H,2-13H2,1H3. The lowest BCUT2D eigenvalue weighted by Crippen LogP contribution is -2.46. The van der Waals surface area contributed by atoms with Crippen molar-refractivity contribution < 1.29 is 9.90 Å². The highest BCUT2D eigenvalue weighted by Gasteiger charge is 2.44. The molecule has 120 valence electrons. The van der Waals surface area contributed by atoms with Crippen LogP contribution in [-0.4, -0.2) is 60.1 Å². The van der Waals surface area contributed by atoms with E-state index in [4.69, 9.17) is 0 Å². The minimum absolute atomic E-state index is 0.208. The van der Waals surface area contributed by atoms with E-state index in [9.17, 15) is 9.90 Å². The Labute approximate surface area is 128 Å². The largest absolute Gasteiger partial charge is 0.396 e. The van der Waals surface area contributed by atoms with Crippen LogP contribution >= 0.6 is 0 Å². The third-order valence-corrected chi connectivity index (χ3v) is 5.88. The Morgan fingerprint density at radius 2 is 1.71 bits per heavy atom. The van der Waals surface area contributed by atoms with Crippen LogP contribution in [0.25, 0.3) is 0 Å². The zero-order valence-corrected chi connectivity index (χ0v) is 13.4. The van der Waals surface area contributed by atoms with Crippen LogP contribution in [0.2, 0.25) is 0 Å². The third kappa shape index (κ3) is 3.59. The molecule has 4 heteroatoms. The second-order valence-electron chi connectivity index (χ2n) is 7.72. The van der Waals surface area contributed by atoms with Crippen molar-refractivity contribution in [2.75, 3.05) is 39.3 Å². The van der Waals surface area contributed by atoms with Crippen LogP contribution in [0.4, 0.5) is 0 Å². The van der Waals surface area contributed by atoms with Gasteiger partial charge in [-0.25, -0.2) is 0 Å². The van der Waals surface area contributed by atoms with E-state index < -0.39 is 0 Å². The Bertz CT molecular complexity index is 365. The highest BCUT2D eigenvalue weighted by atomic mass is 16.3. The molecule has 3 fully saturated rings. The molecule has 2 saturated heterocycles. The lowest BCUT2D eigenvalue weighted by Gasteiger charge is -2.37. The Morgan fingerprint density at radius 1 is 1.10 bits per heavy atom. The first-order valence-electron chi connectivity index (χ1n) is 8.74. The lowest BCUT2D eigenvalue weighted by molar-refractivity contribution is -0.138. The molecule has 1 amide bonds. The van der Waals surface area contributed by atoms with Crippen LogP contribution in [0.5, 0.6) is 0 Å². The summed E-state index contributed by atoms with van der Waals surface area (Å²) >= 11 is 0. The molecule has 0 radical (unpaired) electrons. The number of piperidine rings is 2. The number of hydrogen-bond donors (Lipinski definition) is 1. The molecule has 1 saturated carbocycles. The van der Waals surface area contributed by atoms with Crippen LogP contribution in [0.15, 0.2) is 0 Å². The van der Waals surface area contributed by atoms with Gasteiger partial charge in [0.1, 0.15) is 0 Å². The van der Waals surface area contributed by atoms with Gasteiger partial charge in [-0.3, -0.25) is 4.79 Å². The van der Waals surface area contributed by atoms with Gasteiger partial charge in [0, 0.05) is 37.6 Å². The number of carbonyl (C=O) groups excluding carboxylic acids is 1. The summed E-state index contributed by atoms with van der Waals surface area (Å²) in [5.41, 5.74) is 0.208. The van der Waals surface area contributed by atoms with Gasteiger partial charge in [0.15, 0.2) is 0 Å². The summed E-state index contributed by atoms with van der Waals surface area (Å²) in [6.07, 6.45) is 6.70. The minimum Gasteiger partial charge on any atom is -0.396 e. The molecule has 0 spiro atoms. The van der Waals surface area contributed by atoms with Crippen molar-refractivity contribution >= 4 is 5.91 Å². The summed E-state index contributed by atoms with van der Waals surface area (Å²) in [5, 5.41) is 9.43. The molecule has 2 aliphatic heterocycles. The highest BCUT2D eigenvalue weighted by molar-refractivity contribution is 5.79. The zero-order valence-electron chi connectivity index (χ0n) is 13.4. The predicted octanol–water partition coefficient (Wildman–Crippen LogP) is 1.73. The van der Waals surface area contributed by atoms with E-state index in [-0.39, 0.29) is 11.3 Å². The number of carbonyl (C=O) groups is 1. The number of aliphatic hydroxyl groups excluding tert-OH is 1. The van der Waals surface area contributed by atoms with Gasteiger partial charge < -0.3 is 14.9 Å². The number of hydrogen-bond acceptors (Lipinski definition) is 3. The van der Waals surface area contributed by atoms with Crippen molar-refractivity contribution in [3.63, 3.8) is 0 Å². The van der Waals surface area contributed by atoms with Crippen molar-refractivity contribution in [1.29, 1.82) is 0 Å². The minimum atomic E-state index is 0.208. The van der Waals surface area contributed by atoms with Crippen molar-refractivity contribution in [3.05, 3.63) is 0 Å². The topological polar surface area (TPSA) is 43.8 Å². The smallest absolute Gasteiger partial charge is 0.225 e. The fraction of sp³-hybridized carbons (Fsp3) is 0.941. The maximum Gasteiger partial charge on any atom is 0.225 e. The van der Waals surface area contributed by atoms with Gasteiger partial charge in [0.05, 0.1) is 0 Å². The Kier molecular flexibility index (Phi) is 4.55. The molecule has 0 aromatic carbocycles. The van der Waals surface area contributed by atoms with E-state index in [0.717, 1.165) is 51.5 Å². The Balaban J connectivity index is 1.43. The van der Waals surface area contributed by atoms with Crippen molar-refractivity contribution in [2.45, 2.75) is 45.4 Å². The van der Waals surface area contributed by atoms with Gasteiger partial charge in [0.2, 0.25) is 5.91 Å². The molecular weight excluding hydrogens is 264 g/mol. The predicted molar refractivity (Wildman–Crippen MR) is 82.9 cm³/mol. The van der Waals surface area contributed by atoms with Crippen LogP contribution in [0.3, 0.4) is 0 Å².